The van der Waals surface area contributed by atoms with Gasteiger partial charge in [0.1, 0.15) is 23.4 Å². The second kappa shape index (κ2) is 13.2. The number of hydrogen-bond acceptors (Lipinski definition) is 10. The minimum Gasteiger partial charge on any atom is -0.496 e. The third kappa shape index (κ3) is 6.45. The van der Waals surface area contributed by atoms with Gasteiger partial charge in [0.2, 0.25) is 21.8 Å². The molecule has 4 heterocycles. The van der Waals surface area contributed by atoms with Crippen LogP contribution in [0.1, 0.15) is 50.5 Å². The molecular weight excluding hydrogens is 662 g/mol. The molecule has 50 heavy (non-hydrogen) atoms. The van der Waals surface area contributed by atoms with Gasteiger partial charge in [0.15, 0.2) is 5.82 Å². The van der Waals surface area contributed by atoms with Crippen LogP contribution >= 0.6 is 0 Å². The molecule has 2 aliphatic carbocycles. The van der Waals surface area contributed by atoms with Crippen LogP contribution in [-0.2, 0) is 19.6 Å². The zero-order chi connectivity index (χ0) is 35.2. The van der Waals surface area contributed by atoms with E-state index in [2.05, 4.69) is 15.0 Å². The number of rotatable bonds is 7. The van der Waals surface area contributed by atoms with Gasteiger partial charge in [-0.15, -0.1) is 0 Å². The maximum Gasteiger partial charge on any atom is 0.320 e. The molecule has 0 spiro atoms. The number of urea groups is 1. The first-order chi connectivity index (χ1) is 24.0. The summed E-state index contributed by atoms with van der Waals surface area (Å²) in [6.07, 6.45) is 10.2. The van der Waals surface area contributed by atoms with Gasteiger partial charge in [0.25, 0.3) is 5.91 Å². The molecule has 1 saturated heterocycles. The van der Waals surface area contributed by atoms with Crippen LogP contribution in [0.3, 0.4) is 0 Å². The van der Waals surface area contributed by atoms with Crippen LogP contribution < -0.4 is 19.5 Å². The Balaban J connectivity index is 1.21. The molecule has 264 valence electrons. The Hall–Kier alpha value is -4.79. The van der Waals surface area contributed by atoms with E-state index in [1.165, 1.54) is 4.90 Å². The van der Waals surface area contributed by atoms with Gasteiger partial charge < -0.3 is 24.6 Å². The van der Waals surface area contributed by atoms with E-state index in [0.29, 0.717) is 47.7 Å². The fourth-order valence-corrected chi connectivity index (χ4v) is 8.24. The molecule has 15 heteroatoms. The summed E-state index contributed by atoms with van der Waals surface area (Å²) < 4.78 is 39.8. The van der Waals surface area contributed by atoms with Crippen molar-refractivity contribution in [1.29, 1.82) is 0 Å². The van der Waals surface area contributed by atoms with Crippen LogP contribution in [0.25, 0.3) is 22.3 Å². The summed E-state index contributed by atoms with van der Waals surface area (Å²) in [5.74, 6) is -0.307. The highest BCUT2D eigenvalue weighted by Gasteiger charge is 2.62. The van der Waals surface area contributed by atoms with Crippen molar-refractivity contribution in [2.45, 2.75) is 74.8 Å². The molecule has 14 nitrogen and oxygen atoms in total. The number of allylic oxidation sites excluding steroid dienone is 1. The van der Waals surface area contributed by atoms with Crippen molar-refractivity contribution in [2.24, 2.45) is 5.92 Å². The minimum absolute atomic E-state index is 0.0884. The van der Waals surface area contributed by atoms with E-state index in [-0.39, 0.29) is 31.3 Å². The third-order valence-electron chi connectivity index (χ3n) is 10.1. The number of sulfonamides is 1. The normalized spacial score (nSPS) is 26.3. The summed E-state index contributed by atoms with van der Waals surface area (Å²) >= 11 is 0. The molecule has 4 atom stereocenters. The van der Waals surface area contributed by atoms with Crippen molar-refractivity contribution in [3.8, 4) is 23.0 Å². The fraction of sp³-hybridized carbons (Fsp3) is 0.486. The first kappa shape index (κ1) is 33.7. The minimum atomic E-state index is -3.84. The van der Waals surface area contributed by atoms with E-state index in [1.54, 1.807) is 43.6 Å². The lowest BCUT2D eigenvalue weighted by Gasteiger charge is -2.30. The number of carbonyl (C=O) groups excluding carboxylic acids is 3. The van der Waals surface area contributed by atoms with Gasteiger partial charge in [-0.2, -0.15) is 4.98 Å². The number of amides is 4. The number of carbonyl (C=O) groups is 3. The van der Waals surface area contributed by atoms with E-state index < -0.39 is 44.8 Å². The van der Waals surface area contributed by atoms with E-state index in [1.807, 2.05) is 31.2 Å². The Labute approximate surface area is 290 Å². The smallest absolute Gasteiger partial charge is 0.320 e. The Morgan fingerprint density at radius 1 is 1.10 bits per heavy atom. The number of methoxy groups -OCH3 is 1. The summed E-state index contributed by atoms with van der Waals surface area (Å²) in [6.45, 7) is 2.50. The average molecular weight is 704 g/mol. The number of aromatic nitrogens is 3. The standard InChI is InChI=1S/C35H41N7O7S/c1-21-28(48-3)12-11-26-29(21)37-30(22-13-15-36-16-14-22)38-32(26)49-24-18-27-31(43)39-35(33(44)40-50(46,47)25-9-10-25)19-23(35)8-6-4-5-7-17-41(2)34(45)42(27)20-24/h6,8,11-16,23-25,27H,4-5,7,9-10,17-20H2,1-3H3,(H,39,43)(H,40,44)/b8-6+/t23-,24-,27+,35-/m1/s1. The second-order valence-electron chi connectivity index (χ2n) is 13.6. The molecule has 3 fully saturated rings. The van der Waals surface area contributed by atoms with Gasteiger partial charge in [-0.3, -0.25) is 19.3 Å². The van der Waals surface area contributed by atoms with Crippen molar-refractivity contribution >= 4 is 38.8 Å². The molecule has 4 amide bonds. The predicted octanol–water partition coefficient (Wildman–Crippen LogP) is 3.11. The Kier molecular flexibility index (Phi) is 8.87. The zero-order valence-corrected chi connectivity index (χ0v) is 29.1. The maximum absolute atomic E-state index is 14.2. The predicted molar refractivity (Wildman–Crippen MR) is 184 cm³/mol. The number of nitrogens with zero attached hydrogens (tertiary/aromatic N) is 5. The van der Waals surface area contributed by atoms with Crippen LogP contribution in [-0.4, -0.2) is 101 Å². The molecule has 1 aromatic carbocycles. The Morgan fingerprint density at radius 2 is 1.88 bits per heavy atom. The zero-order valence-electron chi connectivity index (χ0n) is 28.3. The average Bonchev–Trinajstić information content (AvgIpc) is 4.03. The van der Waals surface area contributed by atoms with Gasteiger partial charge in [0, 0.05) is 49.5 Å². The number of aryl methyl sites for hydroxylation is 1. The number of fused-ring (bicyclic) bond motifs is 3. The molecule has 2 saturated carbocycles. The molecule has 7 rings (SSSR count). The number of nitrogens with one attached hydrogen (secondary N) is 2. The van der Waals surface area contributed by atoms with Crippen molar-refractivity contribution in [3.05, 3.63) is 54.4 Å². The first-order valence-electron chi connectivity index (χ1n) is 17.0. The molecule has 2 aliphatic heterocycles. The fourth-order valence-electron chi connectivity index (χ4n) is 6.88. The van der Waals surface area contributed by atoms with Gasteiger partial charge in [-0.1, -0.05) is 12.2 Å². The molecule has 2 aromatic heterocycles. The number of ether oxygens (including phenoxy) is 2. The van der Waals surface area contributed by atoms with Crippen molar-refractivity contribution in [1.82, 2.24) is 34.8 Å². The third-order valence-corrected chi connectivity index (χ3v) is 11.9. The highest BCUT2D eigenvalue weighted by Crippen LogP contribution is 2.46. The van der Waals surface area contributed by atoms with Crippen LogP contribution in [0.2, 0.25) is 0 Å². The summed E-state index contributed by atoms with van der Waals surface area (Å²) in [4.78, 5) is 58.4. The summed E-state index contributed by atoms with van der Waals surface area (Å²) in [5, 5.41) is 2.94. The van der Waals surface area contributed by atoms with Crippen molar-refractivity contribution in [2.75, 3.05) is 27.2 Å². The van der Waals surface area contributed by atoms with Crippen molar-refractivity contribution in [3.63, 3.8) is 0 Å². The first-order valence-corrected chi connectivity index (χ1v) is 18.5. The van der Waals surface area contributed by atoms with Crippen LogP contribution in [0.15, 0.2) is 48.8 Å². The van der Waals surface area contributed by atoms with Crippen LogP contribution in [0.5, 0.6) is 11.6 Å². The van der Waals surface area contributed by atoms with E-state index >= 15 is 0 Å². The molecule has 0 unspecified atom stereocenters. The quantitative estimate of drug-likeness (QED) is 0.348. The molecule has 4 aliphatic rings. The summed E-state index contributed by atoms with van der Waals surface area (Å²) in [5.41, 5.74) is 0.729. The van der Waals surface area contributed by atoms with Gasteiger partial charge in [-0.05, 0) is 69.7 Å². The number of pyridine rings is 1. The summed E-state index contributed by atoms with van der Waals surface area (Å²) in [6, 6.07) is 5.91. The molecular formula is C35H41N7O7S. The SMILES string of the molecule is COc1ccc2c(O[C@@H]3C[C@H]4C(=O)N[C@]5(C(=O)NS(=O)(=O)C6CC6)C[C@H]5/C=C/CCCCN(C)C(=O)N4C3)nc(-c3ccncc3)nc2c1C. The monoisotopic (exact) mass is 703 g/mol. The van der Waals surface area contributed by atoms with Crippen LogP contribution in [0, 0.1) is 12.8 Å². The second-order valence-corrected chi connectivity index (χ2v) is 15.6. The van der Waals surface area contributed by atoms with E-state index in [9.17, 15) is 22.8 Å². The van der Waals surface area contributed by atoms with E-state index in [4.69, 9.17) is 19.4 Å². The topological polar surface area (TPSA) is 173 Å². The lowest BCUT2D eigenvalue weighted by atomic mass is 10.1. The lowest BCUT2D eigenvalue weighted by molar-refractivity contribution is -0.131. The largest absolute Gasteiger partial charge is 0.496 e. The van der Waals surface area contributed by atoms with Gasteiger partial charge in [-0.25, -0.2) is 18.2 Å². The summed E-state index contributed by atoms with van der Waals surface area (Å²) in [7, 11) is -0.546. The molecule has 2 N–H and O–H groups in total. The van der Waals surface area contributed by atoms with E-state index in [0.717, 1.165) is 30.4 Å². The molecule has 0 bridgehead atoms. The lowest BCUT2D eigenvalue weighted by Crippen LogP contribution is -2.57. The molecule has 3 aromatic rings. The van der Waals surface area contributed by atoms with Gasteiger partial charge >= 0.3 is 6.03 Å². The molecule has 0 radical (unpaired) electrons. The Morgan fingerprint density at radius 3 is 2.62 bits per heavy atom. The number of hydrogen-bond donors (Lipinski definition) is 2. The number of benzene rings is 1. The maximum atomic E-state index is 14.2. The van der Waals surface area contributed by atoms with Crippen molar-refractivity contribution < 1.29 is 32.3 Å². The van der Waals surface area contributed by atoms with Crippen LogP contribution in [0.4, 0.5) is 4.79 Å². The van der Waals surface area contributed by atoms with Gasteiger partial charge in [0.05, 0.1) is 29.8 Å². The Bertz CT molecular complexity index is 1970. The highest BCUT2D eigenvalue weighted by molar-refractivity contribution is 7.91. The highest BCUT2D eigenvalue weighted by atomic mass is 32.2.